The molecule has 0 radical (unpaired) electrons. The van der Waals surface area contributed by atoms with E-state index < -0.39 is 53.8 Å². The quantitative estimate of drug-likeness (QED) is 0.101. The van der Waals surface area contributed by atoms with Crippen molar-refractivity contribution >= 4 is 36.5 Å². The molecule has 0 saturated carbocycles. The Morgan fingerprint density at radius 1 is 0.609 bits per heavy atom. The molecule has 0 N–H and O–H groups in total. The van der Waals surface area contributed by atoms with Gasteiger partial charge in [0.15, 0.2) is 19.3 Å². The Morgan fingerprint density at radius 2 is 0.913 bits per heavy atom. The van der Waals surface area contributed by atoms with E-state index in [0.29, 0.717) is 0 Å². The number of carbonyl (C=O) groups is 1. The Morgan fingerprint density at radius 3 is 1.22 bits per heavy atom. The zero-order chi connectivity index (χ0) is 34.2. The SMILES string of the molecule is CC(CC(S(=O)(=O)C(F)(F)F)S(=O)(=O)C(F)(F)F)OC(=O)c1ccccc1.c1ccc([S+](c2ccccc2)c2ccccc2)cc1. The third-order valence-electron chi connectivity index (χ3n) is 6.12. The fourth-order valence-electron chi connectivity index (χ4n) is 3.94. The fraction of sp³-hybridized carbons (Fsp3) is 0.194. The minimum Gasteiger partial charge on any atom is -0.459 e. The highest BCUT2D eigenvalue weighted by molar-refractivity contribution is 8.09. The number of benzene rings is 4. The summed E-state index contributed by atoms with van der Waals surface area (Å²) in [4.78, 5) is 15.8. The van der Waals surface area contributed by atoms with Crippen LogP contribution in [0.15, 0.2) is 136 Å². The van der Waals surface area contributed by atoms with Crippen LogP contribution in [0.25, 0.3) is 0 Å². The first kappa shape index (κ1) is 36.6. The maximum atomic E-state index is 12.7. The molecule has 0 amide bonds. The molecule has 46 heavy (non-hydrogen) atoms. The summed E-state index contributed by atoms with van der Waals surface area (Å²) < 4.78 is 122. The smallest absolute Gasteiger partial charge is 0.459 e. The van der Waals surface area contributed by atoms with Crippen molar-refractivity contribution < 1.29 is 52.7 Å². The van der Waals surface area contributed by atoms with Crippen LogP contribution in [0.1, 0.15) is 23.7 Å². The number of alkyl halides is 6. The zero-order valence-corrected chi connectivity index (χ0v) is 26.3. The molecule has 0 heterocycles. The summed E-state index contributed by atoms with van der Waals surface area (Å²) in [5.74, 6) is -1.18. The average molecular weight is 706 g/mol. The molecule has 1 atom stereocenters. The number of halogens is 6. The van der Waals surface area contributed by atoms with Gasteiger partial charge in [-0.15, -0.1) is 0 Å². The van der Waals surface area contributed by atoms with E-state index in [1.54, 1.807) is 0 Å². The van der Waals surface area contributed by atoms with Gasteiger partial charge in [-0.3, -0.25) is 0 Å². The highest BCUT2D eigenvalue weighted by atomic mass is 32.3. The molecule has 0 aromatic heterocycles. The summed E-state index contributed by atoms with van der Waals surface area (Å²) in [6, 6.07) is 38.8. The summed E-state index contributed by atoms with van der Waals surface area (Å²) in [5, 5.41) is 0. The maximum Gasteiger partial charge on any atom is 0.498 e. The molecule has 6 nitrogen and oxygen atoms in total. The number of rotatable bonds is 9. The van der Waals surface area contributed by atoms with Crippen molar-refractivity contribution in [3.8, 4) is 0 Å². The summed E-state index contributed by atoms with van der Waals surface area (Å²) in [5.41, 5.74) is -12.7. The summed E-state index contributed by atoms with van der Waals surface area (Å²) in [6.45, 7) is 0.769. The second-order valence-corrected chi connectivity index (χ2v) is 16.0. The third kappa shape index (κ3) is 9.13. The van der Waals surface area contributed by atoms with Crippen molar-refractivity contribution in [1.82, 2.24) is 0 Å². The lowest BCUT2D eigenvalue weighted by Gasteiger charge is -2.23. The van der Waals surface area contributed by atoms with Gasteiger partial charge in [-0.25, -0.2) is 21.6 Å². The second-order valence-electron chi connectivity index (χ2n) is 9.47. The minimum atomic E-state index is -6.77. The van der Waals surface area contributed by atoms with E-state index in [1.807, 2.05) is 0 Å². The second kappa shape index (κ2) is 15.2. The highest BCUT2D eigenvalue weighted by Crippen LogP contribution is 2.38. The van der Waals surface area contributed by atoms with Crippen LogP contribution >= 0.6 is 0 Å². The van der Waals surface area contributed by atoms with Crippen LogP contribution < -0.4 is 0 Å². The Kier molecular flexibility index (Phi) is 12.1. The number of esters is 1. The predicted molar refractivity (Wildman–Crippen MR) is 161 cm³/mol. The summed E-state index contributed by atoms with van der Waals surface area (Å²) in [6.07, 6.45) is -3.65. The van der Waals surface area contributed by atoms with Gasteiger partial charge in [0, 0.05) is 6.42 Å². The van der Waals surface area contributed by atoms with Crippen LogP contribution in [0.5, 0.6) is 0 Å². The lowest BCUT2D eigenvalue weighted by atomic mass is 10.2. The minimum absolute atomic E-state index is 0.0146. The van der Waals surface area contributed by atoms with Crippen LogP contribution in [0, 0.1) is 0 Å². The van der Waals surface area contributed by atoms with E-state index in [1.165, 1.54) is 45.0 Å². The normalized spacial score (nSPS) is 13.1. The Balaban J connectivity index is 0.000000264. The largest absolute Gasteiger partial charge is 0.498 e. The van der Waals surface area contributed by atoms with E-state index in [-0.39, 0.29) is 16.5 Å². The molecule has 0 spiro atoms. The lowest BCUT2D eigenvalue weighted by molar-refractivity contribution is -0.0476. The molecular weight excluding hydrogens is 679 g/mol. The molecule has 0 fully saturated rings. The van der Waals surface area contributed by atoms with Crippen LogP contribution in [0.2, 0.25) is 0 Å². The molecule has 0 aliphatic carbocycles. The van der Waals surface area contributed by atoms with Crippen LogP contribution in [0.4, 0.5) is 26.3 Å². The number of ether oxygens (including phenoxy) is 1. The molecular formula is C31H27F6O6S3+. The number of hydrogen-bond acceptors (Lipinski definition) is 6. The first-order valence-corrected chi connectivity index (χ1v) is 17.5. The van der Waals surface area contributed by atoms with Gasteiger partial charge in [-0.1, -0.05) is 72.8 Å². The van der Waals surface area contributed by atoms with Crippen molar-refractivity contribution in [2.24, 2.45) is 0 Å². The van der Waals surface area contributed by atoms with E-state index in [0.717, 1.165) is 6.92 Å². The van der Waals surface area contributed by atoms with Crippen molar-refractivity contribution in [3.63, 3.8) is 0 Å². The molecule has 0 aliphatic rings. The first-order chi connectivity index (χ1) is 21.5. The molecule has 0 saturated heterocycles. The van der Waals surface area contributed by atoms with E-state index in [9.17, 15) is 48.0 Å². The van der Waals surface area contributed by atoms with Gasteiger partial charge in [0.05, 0.1) is 16.5 Å². The average Bonchev–Trinajstić information content (AvgIpc) is 3.01. The van der Waals surface area contributed by atoms with Crippen molar-refractivity contribution in [1.29, 1.82) is 0 Å². The van der Waals surface area contributed by atoms with E-state index >= 15 is 0 Å². The van der Waals surface area contributed by atoms with E-state index in [2.05, 4.69) is 95.7 Å². The van der Waals surface area contributed by atoms with Gasteiger partial charge in [-0.2, -0.15) is 26.3 Å². The molecule has 4 rings (SSSR count). The van der Waals surface area contributed by atoms with Crippen molar-refractivity contribution in [2.75, 3.05) is 0 Å². The monoisotopic (exact) mass is 705 g/mol. The molecule has 0 aliphatic heterocycles. The molecule has 4 aromatic carbocycles. The van der Waals surface area contributed by atoms with Crippen molar-refractivity contribution in [2.45, 2.75) is 49.7 Å². The summed E-state index contributed by atoms with van der Waals surface area (Å²) >= 11 is 0. The zero-order valence-electron chi connectivity index (χ0n) is 23.9. The van der Waals surface area contributed by atoms with Gasteiger partial charge in [0.2, 0.25) is 0 Å². The topological polar surface area (TPSA) is 94.6 Å². The van der Waals surface area contributed by atoms with Crippen LogP contribution in [-0.4, -0.2) is 44.5 Å². The van der Waals surface area contributed by atoms with Gasteiger partial charge in [-0.05, 0) is 55.5 Å². The molecule has 1 unspecified atom stereocenters. The van der Waals surface area contributed by atoms with Gasteiger partial charge in [0.1, 0.15) is 6.10 Å². The number of carbonyl (C=O) groups excluding carboxylic acids is 1. The maximum absolute atomic E-state index is 12.7. The number of hydrogen-bond donors (Lipinski definition) is 0. The van der Waals surface area contributed by atoms with E-state index in [4.69, 9.17) is 0 Å². The standard InChI is InChI=1S/C18H15S.C13H12F6O6S2/c1-4-10-16(11-5-1)19(17-12-6-2-7-13-17)18-14-8-3-9-15-18;1-8(25-11(20)9-5-3-2-4-6-9)7-10(26(21,22)12(14,15)16)27(23,24)13(17,18)19/h1-15H;2-6,8,10H,7H2,1H3/q+1;. The Hall–Kier alpha value is -3.82. The Labute approximate surface area is 265 Å². The van der Waals surface area contributed by atoms with Gasteiger partial charge < -0.3 is 4.74 Å². The first-order valence-electron chi connectivity index (χ1n) is 13.2. The van der Waals surface area contributed by atoms with Crippen LogP contribution in [0.3, 0.4) is 0 Å². The van der Waals surface area contributed by atoms with Gasteiger partial charge >= 0.3 is 17.0 Å². The summed E-state index contributed by atoms with van der Waals surface area (Å²) in [7, 11) is -13.6. The third-order valence-corrected chi connectivity index (χ3v) is 12.9. The van der Waals surface area contributed by atoms with Crippen LogP contribution in [-0.2, 0) is 35.3 Å². The molecule has 4 aromatic rings. The van der Waals surface area contributed by atoms with Crippen molar-refractivity contribution in [3.05, 3.63) is 127 Å². The fourth-order valence-corrected chi connectivity index (χ4v) is 9.68. The predicted octanol–water partition coefficient (Wildman–Crippen LogP) is 7.60. The highest BCUT2D eigenvalue weighted by Gasteiger charge is 2.63. The molecule has 15 heteroatoms. The van der Waals surface area contributed by atoms with Gasteiger partial charge in [0.25, 0.3) is 19.7 Å². The molecule has 0 bridgehead atoms. The Bertz CT molecular complexity index is 1630. The lowest BCUT2D eigenvalue weighted by Crippen LogP contribution is -2.46. The molecule has 246 valence electrons. The number of sulfone groups is 2.